The molecule has 76 valence electrons. The monoisotopic (exact) mass is 220 g/mol. The summed E-state index contributed by atoms with van der Waals surface area (Å²) in [6.07, 6.45) is 3.14. The number of halogens is 1. The van der Waals surface area contributed by atoms with Crippen LogP contribution in [0.15, 0.2) is 36.8 Å². The fourth-order valence-electron chi connectivity index (χ4n) is 1.29. The van der Waals surface area contributed by atoms with Gasteiger partial charge in [-0.2, -0.15) is 0 Å². The Morgan fingerprint density at radius 3 is 2.60 bits per heavy atom. The molecule has 0 saturated heterocycles. The molecule has 4 nitrogen and oxygen atoms in total. The molecule has 0 unspecified atom stereocenters. The van der Waals surface area contributed by atoms with E-state index in [1.807, 2.05) is 24.3 Å². The number of rotatable bonds is 2. The first-order chi connectivity index (χ1) is 7.31. The van der Waals surface area contributed by atoms with E-state index in [4.69, 9.17) is 17.4 Å². The number of hydrazine groups is 1. The molecule has 0 radical (unpaired) electrons. The zero-order valence-corrected chi connectivity index (χ0v) is 8.57. The smallest absolute Gasteiger partial charge is 0.151 e. The van der Waals surface area contributed by atoms with Gasteiger partial charge in [0.15, 0.2) is 5.82 Å². The Balaban J connectivity index is 2.49. The topological polar surface area (TPSA) is 63.8 Å². The normalized spacial score (nSPS) is 10.0. The van der Waals surface area contributed by atoms with Crippen LogP contribution in [0.3, 0.4) is 0 Å². The van der Waals surface area contributed by atoms with Crippen LogP contribution >= 0.6 is 11.6 Å². The van der Waals surface area contributed by atoms with E-state index in [2.05, 4.69) is 15.4 Å². The van der Waals surface area contributed by atoms with Crippen molar-refractivity contribution in [2.75, 3.05) is 5.43 Å². The average molecular weight is 221 g/mol. The van der Waals surface area contributed by atoms with Gasteiger partial charge in [-0.05, 0) is 17.7 Å². The summed E-state index contributed by atoms with van der Waals surface area (Å²) in [5.41, 5.74) is 4.33. The summed E-state index contributed by atoms with van der Waals surface area (Å²) >= 11 is 5.80. The van der Waals surface area contributed by atoms with Crippen molar-refractivity contribution in [3.63, 3.8) is 0 Å². The van der Waals surface area contributed by atoms with Crippen molar-refractivity contribution >= 4 is 17.4 Å². The minimum atomic E-state index is 0.590. The van der Waals surface area contributed by atoms with Crippen LogP contribution in [0.4, 0.5) is 5.82 Å². The number of hydrogen-bond acceptors (Lipinski definition) is 4. The second-order valence-corrected chi connectivity index (χ2v) is 3.37. The quantitative estimate of drug-likeness (QED) is 0.601. The van der Waals surface area contributed by atoms with E-state index in [9.17, 15) is 0 Å². The molecule has 15 heavy (non-hydrogen) atoms. The van der Waals surface area contributed by atoms with Gasteiger partial charge in [0.2, 0.25) is 0 Å². The summed E-state index contributed by atoms with van der Waals surface area (Å²) in [6, 6.07) is 7.40. The van der Waals surface area contributed by atoms with Gasteiger partial charge in [0.25, 0.3) is 0 Å². The van der Waals surface area contributed by atoms with Crippen molar-refractivity contribution in [2.45, 2.75) is 0 Å². The summed E-state index contributed by atoms with van der Waals surface area (Å²) in [5.74, 6) is 5.94. The SMILES string of the molecule is NNc1ncncc1-c1ccc(Cl)cc1. The number of aromatic nitrogens is 2. The largest absolute Gasteiger partial charge is 0.308 e. The molecule has 0 aliphatic carbocycles. The first-order valence-electron chi connectivity index (χ1n) is 4.34. The lowest BCUT2D eigenvalue weighted by Gasteiger charge is -2.06. The van der Waals surface area contributed by atoms with E-state index < -0.39 is 0 Å². The first-order valence-corrected chi connectivity index (χ1v) is 4.71. The third-order valence-electron chi connectivity index (χ3n) is 2.00. The number of hydrogen-bond donors (Lipinski definition) is 2. The van der Waals surface area contributed by atoms with Gasteiger partial charge in [0.05, 0.1) is 0 Å². The third kappa shape index (κ3) is 2.06. The highest BCUT2D eigenvalue weighted by atomic mass is 35.5. The standard InChI is InChI=1S/C10H9ClN4/c11-8-3-1-7(2-4-8)9-5-13-6-14-10(9)15-12/h1-6H,12H2,(H,13,14,15). The second kappa shape index (κ2) is 4.25. The number of nitrogens with two attached hydrogens (primary N) is 1. The predicted molar refractivity (Wildman–Crippen MR) is 60.3 cm³/mol. The Kier molecular flexibility index (Phi) is 2.80. The molecule has 1 aromatic heterocycles. The second-order valence-electron chi connectivity index (χ2n) is 2.94. The van der Waals surface area contributed by atoms with Crippen LogP contribution in [0.1, 0.15) is 0 Å². The van der Waals surface area contributed by atoms with Crippen LogP contribution in [-0.2, 0) is 0 Å². The van der Waals surface area contributed by atoms with Crippen molar-refractivity contribution in [3.8, 4) is 11.1 Å². The van der Waals surface area contributed by atoms with E-state index in [0.717, 1.165) is 11.1 Å². The molecule has 2 aromatic rings. The van der Waals surface area contributed by atoms with Crippen LogP contribution in [0, 0.1) is 0 Å². The van der Waals surface area contributed by atoms with E-state index in [0.29, 0.717) is 10.8 Å². The van der Waals surface area contributed by atoms with Gasteiger partial charge in [0, 0.05) is 16.8 Å². The molecular formula is C10H9ClN4. The first kappa shape index (κ1) is 9.89. The number of nitrogens with zero attached hydrogens (tertiary/aromatic N) is 2. The lowest BCUT2D eigenvalue weighted by molar-refractivity contribution is 1.14. The van der Waals surface area contributed by atoms with E-state index in [-0.39, 0.29) is 0 Å². The van der Waals surface area contributed by atoms with Crippen molar-refractivity contribution in [1.29, 1.82) is 0 Å². The third-order valence-corrected chi connectivity index (χ3v) is 2.26. The van der Waals surface area contributed by atoms with Crippen molar-refractivity contribution < 1.29 is 0 Å². The van der Waals surface area contributed by atoms with Crippen molar-refractivity contribution in [2.24, 2.45) is 5.84 Å². The highest BCUT2D eigenvalue weighted by Crippen LogP contribution is 2.25. The molecule has 1 aromatic carbocycles. The zero-order chi connectivity index (χ0) is 10.7. The molecule has 0 fully saturated rings. The van der Waals surface area contributed by atoms with Gasteiger partial charge in [-0.25, -0.2) is 15.8 Å². The Labute approximate surface area is 92.1 Å². The van der Waals surface area contributed by atoms with Crippen LogP contribution in [-0.4, -0.2) is 9.97 Å². The molecular weight excluding hydrogens is 212 g/mol. The van der Waals surface area contributed by atoms with Gasteiger partial charge in [-0.1, -0.05) is 23.7 Å². The molecule has 0 aliphatic rings. The molecule has 0 bridgehead atoms. The van der Waals surface area contributed by atoms with Gasteiger partial charge in [-0.3, -0.25) is 0 Å². The van der Waals surface area contributed by atoms with Gasteiger partial charge in [0.1, 0.15) is 6.33 Å². The minimum Gasteiger partial charge on any atom is -0.308 e. The van der Waals surface area contributed by atoms with Gasteiger partial charge < -0.3 is 5.43 Å². The number of nitrogen functional groups attached to an aromatic ring is 1. The van der Waals surface area contributed by atoms with E-state index in [1.165, 1.54) is 6.33 Å². The summed E-state index contributed by atoms with van der Waals surface area (Å²) in [5, 5.41) is 0.692. The summed E-state index contributed by atoms with van der Waals surface area (Å²) < 4.78 is 0. The molecule has 0 spiro atoms. The van der Waals surface area contributed by atoms with Crippen LogP contribution in [0.25, 0.3) is 11.1 Å². The van der Waals surface area contributed by atoms with Gasteiger partial charge >= 0.3 is 0 Å². The van der Waals surface area contributed by atoms with Crippen LogP contribution in [0.2, 0.25) is 5.02 Å². The maximum Gasteiger partial charge on any atom is 0.151 e. The van der Waals surface area contributed by atoms with Crippen LogP contribution in [0.5, 0.6) is 0 Å². The van der Waals surface area contributed by atoms with Crippen molar-refractivity contribution in [3.05, 3.63) is 41.8 Å². The molecule has 0 saturated carbocycles. The van der Waals surface area contributed by atoms with E-state index >= 15 is 0 Å². The average Bonchev–Trinajstić information content (AvgIpc) is 2.30. The Morgan fingerprint density at radius 1 is 1.20 bits per heavy atom. The fraction of sp³-hybridized carbons (Fsp3) is 0. The summed E-state index contributed by atoms with van der Waals surface area (Å²) in [7, 11) is 0. The van der Waals surface area contributed by atoms with Gasteiger partial charge in [-0.15, -0.1) is 0 Å². The Hall–Kier alpha value is -1.65. The fourth-order valence-corrected chi connectivity index (χ4v) is 1.41. The highest BCUT2D eigenvalue weighted by molar-refractivity contribution is 6.30. The molecule has 3 N–H and O–H groups in total. The Bertz CT molecular complexity index is 455. The summed E-state index contributed by atoms with van der Waals surface area (Å²) in [6.45, 7) is 0. The maximum atomic E-state index is 5.80. The highest BCUT2D eigenvalue weighted by Gasteiger charge is 2.04. The molecule has 0 amide bonds. The van der Waals surface area contributed by atoms with E-state index in [1.54, 1.807) is 6.20 Å². The zero-order valence-electron chi connectivity index (χ0n) is 7.81. The molecule has 0 aliphatic heterocycles. The lowest BCUT2D eigenvalue weighted by Crippen LogP contribution is -2.09. The Morgan fingerprint density at radius 2 is 1.93 bits per heavy atom. The minimum absolute atomic E-state index is 0.590. The van der Waals surface area contributed by atoms with Crippen LogP contribution < -0.4 is 11.3 Å². The molecule has 1 heterocycles. The molecule has 2 rings (SSSR count). The molecule has 0 atom stereocenters. The number of anilines is 1. The predicted octanol–water partition coefficient (Wildman–Crippen LogP) is 2.08. The summed E-state index contributed by atoms with van der Waals surface area (Å²) in [4.78, 5) is 7.97. The lowest BCUT2D eigenvalue weighted by atomic mass is 10.1. The number of nitrogens with one attached hydrogen (secondary N) is 1. The number of benzene rings is 1. The van der Waals surface area contributed by atoms with Crippen molar-refractivity contribution in [1.82, 2.24) is 9.97 Å². The molecule has 5 heteroatoms. The maximum absolute atomic E-state index is 5.80.